The van der Waals surface area contributed by atoms with Gasteiger partial charge in [-0.1, -0.05) is 61.9 Å². The standard InChI is InChI=1S/C33H42N4O5/c1-7-8-18-37(31(40)27(20-28(34)38)36-32(41)42-33(4,5)6)29(26-15-11-12-21(2)22(26)3)30(39)35-25-17-16-23-13-9-10-14-24(23)19-25/h9-17,19,27,29H,7-8,18,20H2,1-6H3,(H2,34,38)(H,35,39)(H,36,41). The molecule has 0 fully saturated rings. The number of fused-ring (bicyclic) bond motifs is 1. The van der Waals surface area contributed by atoms with E-state index in [4.69, 9.17) is 10.5 Å². The molecule has 224 valence electrons. The number of nitrogens with two attached hydrogens (primary N) is 1. The van der Waals surface area contributed by atoms with Crippen LogP contribution in [0, 0.1) is 13.8 Å². The van der Waals surface area contributed by atoms with Gasteiger partial charge in [0.2, 0.25) is 11.8 Å². The highest BCUT2D eigenvalue weighted by atomic mass is 16.6. The normalized spacial score (nSPS) is 12.7. The van der Waals surface area contributed by atoms with Crippen molar-refractivity contribution in [3.05, 3.63) is 77.4 Å². The summed E-state index contributed by atoms with van der Waals surface area (Å²) in [4.78, 5) is 54.5. The Morgan fingerprint density at radius 2 is 1.64 bits per heavy atom. The Balaban J connectivity index is 2.07. The van der Waals surface area contributed by atoms with Crippen LogP contribution in [0.1, 0.15) is 69.7 Å². The molecular weight excluding hydrogens is 532 g/mol. The smallest absolute Gasteiger partial charge is 0.408 e. The molecule has 0 aromatic heterocycles. The fraction of sp³-hybridized carbons (Fsp3) is 0.394. The highest BCUT2D eigenvalue weighted by molar-refractivity contribution is 6.01. The van der Waals surface area contributed by atoms with Crippen molar-refractivity contribution >= 4 is 40.3 Å². The second-order valence-corrected chi connectivity index (χ2v) is 11.5. The molecule has 0 spiro atoms. The van der Waals surface area contributed by atoms with Crippen molar-refractivity contribution in [1.82, 2.24) is 10.2 Å². The van der Waals surface area contributed by atoms with Crippen molar-refractivity contribution in [2.24, 2.45) is 5.73 Å². The van der Waals surface area contributed by atoms with E-state index in [0.717, 1.165) is 28.3 Å². The number of nitrogens with zero attached hydrogens (tertiary/aromatic N) is 1. The third-order valence-corrected chi connectivity index (χ3v) is 6.95. The molecule has 3 rings (SSSR count). The maximum absolute atomic E-state index is 14.2. The van der Waals surface area contributed by atoms with Crippen LogP contribution in [0.3, 0.4) is 0 Å². The van der Waals surface area contributed by atoms with Crippen molar-refractivity contribution in [1.29, 1.82) is 0 Å². The van der Waals surface area contributed by atoms with Crippen LogP contribution in [-0.2, 0) is 19.1 Å². The van der Waals surface area contributed by atoms with Crippen LogP contribution in [-0.4, -0.2) is 46.9 Å². The van der Waals surface area contributed by atoms with Crippen LogP contribution in [0.4, 0.5) is 10.5 Å². The summed E-state index contributed by atoms with van der Waals surface area (Å²) in [6, 6.07) is 16.7. The number of rotatable bonds is 11. The van der Waals surface area contributed by atoms with Crippen LogP contribution in [0.25, 0.3) is 10.8 Å². The lowest BCUT2D eigenvalue weighted by Crippen LogP contribution is -2.53. The Hall–Kier alpha value is -4.40. The van der Waals surface area contributed by atoms with Gasteiger partial charge in [0.1, 0.15) is 17.7 Å². The number of amides is 4. The van der Waals surface area contributed by atoms with Crippen molar-refractivity contribution in [3.63, 3.8) is 0 Å². The number of ether oxygens (including phenoxy) is 1. The predicted molar refractivity (Wildman–Crippen MR) is 165 cm³/mol. The lowest BCUT2D eigenvalue weighted by Gasteiger charge is -2.35. The Morgan fingerprint density at radius 1 is 0.952 bits per heavy atom. The molecule has 0 aliphatic carbocycles. The molecule has 42 heavy (non-hydrogen) atoms. The topological polar surface area (TPSA) is 131 Å². The van der Waals surface area contributed by atoms with Gasteiger partial charge in [0.05, 0.1) is 6.42 Å². The number of hydrogen-bond donors (Lipinski definition) is 3. The molecule has 9 nitrogen and oxygen atoms in total. The lowest BCUT2D eigenvalue weighted by molar-refractivity contribution is -0.142. The van der Waals surface area contributed by atoms with Crippen molar-refractivity contribution in [3.8, 4) is 0 Å². The summed E-state index contributed by atoms with van der Waals surface area (Å²) in [5.74, 6) is -1.80. The number of primary amides is 1. The minimum Gasteiger partial charge on any atom is -0.444 e. The molecule has 4 amide bonds. The first-order chi connectivity index (χ1) is 19.8. The summed E-state index contributed by atoms with van der Waals surface area (Å²) in [6.07, 6.45) is 0.0233. The molecule has 0 saturated carbocycles. The minimum atomic E-state index is -1.32. The summed E-state index contributed by atoms with van der Waals surface area (Å²) < 4.78 is 5.35. The number of alkyl carbamates (subject to hydrolysis) is 1. The average Bonchev–Trinajstić information content (AvgIpc) is 2.90. The highest BCUT2D eigenvalue weighted by Crippen LogP contribution is 2.30. The largest absolute Gasteiger partial charge is 0.444 e. The summed E-state index contributed by atoms with van der Waals surface area (Å²) in [6.45, 7) is 11.1. The van der Waals surface area contributed by atoms with E-state index in [1.54, 1.807) is 20.8 Å². The summed E-state index contributed by atoms with van der Waals surface area (Å²) >= 11 is 0. The molecule has 2 unspecified atom stereocenters. The molecule has 9 heteroatoms. The monoisotopic (exact) mass is 574 g/mol. The number of benzene rings is 3. The van der Waals surface area contributed by atoms with Crippen molar-refractivity contribution < 1.29 is 23.9 Å². The zero-order chi connectivity index (χ0) is 31.0. The van der Waals surface area contributed by atoms with Gasteiger partial charge in [-0.3, -0.25) is 14.4 Å². The number of anilines is 1. The number of aryl methyl sites for hydroxylation is 1. The summed E-state index contributed by atoms with van der Waals surface area (Å²) in [7, 11) is 0. The van der Waals surface area contributed by atoms with Crippen molar-refractivity contribution in [2.45, 2.75) is 78.5 Å². The molecule has 0 aliphatic heterocycles. The molecule has 0 saturated heterocycles. The highest BCUT2D eigenvalue weighted by Gasteiger charge is 2.37. The molecular formula is C33H42N4O5. The maximum Gasteiger partial charge on any atom is 0.408 e. The van der Waals surface area contributed by atoms with E-state index in [1.807, 2.05) is 81.4 Å². The van der Waals surface area contributed by atoms with Crippen LogP contribution in [0.2, 0.25) is 0 Å². The van der Waals surface area contributed by atoms with Gasteiger partial charge in [0.25, 0.3) is 5.91 Å². The average molecular weight is 575 g/mol. The molecule has 3 aromatic carbocycles. The number of unbranched alkanes of at least 4 members (excludes halogenated alkanes) is 1. The maximum atomic E-state index is 14.2. The van der Waals surface area contributed by atoms with E-state index in [0.29, 0.717) is 17.7 Å². The SMILES string of the molecule is CCCCN(C(=O)C(CC(N)=O)NC(=O)OC(C)(C)C)C(C(=O)Nc1ccc2ccccc2c1)c1cccc(C)c1C. The van der Waals surface area contributed by atoms with E-state index in [-0.39, 0.29) is 6.54 Å². The van der Waals surface area contributed by atoms with Gasteiger partial charge in [-0.15, -0.1) is 0 Å². The van der Waals surface area contributed by atoms with E-state index in [9.17, 15) is 19.2 Å². The summed E-state index contributed by atoms with van der Waals surface area (Å²) in [5.41, 5.74) is 7.71. The Kier molecular flexibility index (Phi) is 10.7. The zero-order valence-electron chi connectivity index (χ0n) is 25.3. The second kappa shape index (κ2) is 14.0. The van der Waals surface area contributed by atoms with E-state index in [1.165, 1.54) is 4.90 Å². The first-order valence-corrected chi connectivity index (χ1v) is 14.2. The quantitative estimate of drug-likeness (QED) is 0.277. The van der Waals surface area contributed by atoms with Gasteiger partial charge in [-0.05, 0) is 80.6 Å². The Bertz CT molecular complexity index is 1450. The molecule has 0 bridgehead atoms. The van der Waals surface area contributed by atoms with Gasteiger partial charge in [-0.25, -0.2) is 4.79 Å². The van der Waals surface area contributed by atoms with Crippen LogP contribution < -0.4 is 16.4 Å². The van der Waals surface area contributed by atoms with E-state index >= 15 is 0 Å². The third-order valence-electron chi connectivity index (χ3n) is 6.95. The number of carbonyl (C=O) groups is 4. The van der Waals surface area contributed by atoms with E-state index < -0.39 is 47.9 Å². The lowest BCUT2D eigenvalue weighted by atomic mass is 9.94. The summed E-state index contributed by atoms with van der Waals surface area (Å²) in [5, 5.41) is 7.51. The number of carbonyl (C=O) groups excluding carboxylic acids is 4. The zero-order valence-corrected chi connectivity index (χ0v) is 25.3. The predicted octanol–water partition coefficient (Wildman–Crippen LogP) is 5.53. The van der Waals surface area contributed by atoms with Crippen LogP contribution in [0.15, 0.2) is 60.7 Å². The molecule has 0 radical (unpaired) electrons. The third kappa shape index (κ3) is 8.55. The molecule has 0 heterocycles. The first kappa shape index (κ1) is 32.1. The van der Waals surface area contributed by atoms with Gasteiger partial charge in [0, 0.05) is 12.2 Å². The van der Waals surface area contributed by atoms with Crippen LogP contribution >= 0.6 is 0 Å². The van der Waals surface area contributed by atoms with Gasteiger partial charge >= 0.3 is 6.09 Å². The van der Waals surface area contributed by atoms with E-state index in [2.05, 4.69) is 10.6 Å². The second-order valence-electron chi connectivity index (χ2n) is 11.5. The minimum absolute atomic E-state index is 0.212. The Morgan fingerprint density at radius 3 is 2.29 bits per heavy atom. The fourth-order valence-electron chi connectivity index (χ4n) is 4.74. The number of nitrogens with one attached hydrogen (secondary N) is 2. The molecule has 4 N–H and O–H groups in total. The first-order valence-electron chi connectivity index (χ1n) is 14.2. The van der Waals surface area contributed by atoms with Gasteiger partial charge in [-0.2, -0.15) is 0 Å². The Labute approximate surface area is 247 Å². The van der Waals surface area contributed by atoms with Crippen molar-refractivity contribution in [2.75, 3.05) is 11.9 Å². The molecule has 3 aromatic rings. The fourth-order valence-corrected chi connectivity index (χ4v) is 4.74. The van der Waals surface area contributed by atoms with Gasteiger partial charge in [0.15, 0.2) is 0 Å². The van der Waals surface area contributed by atoms with Crippen LogP contribution in [0.5, 0.6) is 0 Å². The molecule has 2 atom stereocenters. The van der Waals surface area contributed by atoms with Gasteiger partial charge < -0.3 is 26.0 Å². The number of hydrogen-bond acceptors (Lipinski definition) is 5. The molecule has 0 aliphatic rings.